The molecule has 0 saturated heterocycles. The largest absolute Gasteiger partial charge is 0.375 e. The third-order valence-corrected chi connectivity index (χ3v) is 5.44. The first-order chi connectivity index (χ1) is 11.5. The number of rotatable bonds is 3. The van der Waals surface area contributed by atoms with Crippen LogP contribution in [0.2, 0.25) is 0 Å². The molecule has 1 aromatic carbocycles. The SMILES string of the molecule is CCN(C)c1ccc2cc(-c3n[nH]c4c3CCC(C)(C)C4)[nH]c2c1. The van der Waals surface area contributed by atoms with E-state index in [0.717, 1.165) is 30.8 Å². The van der Waals surface area contributed by atoms with Gasteiger partial charge in [-0.2, -0.15) is 5.10 Å². The van der Waals surface area contributed by atoms with Crippen LogP contribution in [0.15, 0.2) is 24.3 Å². The fraction of sp³-hybridized carbons (Fsp3) is 0.450. The molecule has 0 spiro atoms. The number of nitrogens with one attached hydrogen (secondary N) is 2. The lowest BCUT2D eigenvalue weighted by Gasteiger charge is -2.28. The molecule has 1 aliphatic carbocycles. The Kier molecular flexibility index (Phi) is 3.44. The number of nitrogens with zero attached hydrogens (tertiary/aromatic N) is 2. The van der Waals surface area contributed by atoms with Gasteiger partial charge in [0.2, 0.25) is 0 Å². The Hall–Kier alpha value is -2.23. The molecular weight excluding hydrogens is 296 g/mol. The highest BCUT2D eigenvalue weighted by atomic mass is 15.1. The summed E-state index contributed by atoms with van der Waals surface area (Å²) in [7, 11) is 2.12. The predicted molar refractivity (Wildman–Crippen MR) is 101 cm³/mol. The number of hydrogen-bond donors (Lipinski definition) is 2. The molecule has 0 atom stereocenters. The summed E-state index contributed by atoms with van der Waals surface area (Å²) in [6, 6.07) is 8.83. The molecule has 2 aromatic heterocycles. The van der Waals surface area contributed by atoms with Crippen molar-refractivity contribution in [1.82, 2.24) is 15.2 Å². The average Bonchev–Trinajstić information content (AvgIpc) is 3.15. The Labute approximate surface area is 143 Å². The van der Waals surface area contributed by atoms with Crippen molar-refractivity contribution in [3.05, 3.63) is 35.5 Å². The number of benzene rings is 1. The minimum absolute atomic E-state index is 0.372. The van der Waals surface area contributed by atoms with Crippen LogP contribution in [0, 0.1) is 5.41 Å². The van der Waals surface area contributed by atoms with Crippen molar-refractivity contribution in [3.8, 4) is 11.4 Å². The lowest BCUT2D eigenvalue weighted by atomic mass is 9.76. The van der Waals surface area contributed by atoms with Crippen molar-refractivity contribution in [2.45, 2.75) is 40.0 Å². The van der Waals surface area contributed by atoms with Crippen molar-refractivity contribution in [3.63, 3.8) is 0 Å². The van der Waals surface area contributed by atoms with Crippen molar-refractivity contribution >= 4 is 16.6 Å². The maximum Gasteiger partial charge on any atom is 0.112 e. The number of anilines is 1. The van der Waals surface area contributed by atoms with Gasteiger partial charge in [-0.15, -0.1) is 0 Å². The van der Waals surface area contributed by atoms with Gasteiger partial charge in [0.25, 0.3) is 0 Å². The Morgan fingerprint density at radius 2 is 2.08 bits per heavy atom. The molecule has 0 fully saturated rings. The van der Waals surface area contributed by atoms with Crippen molar-refractivity contribution in [1.29, 1.82) is 0 Å². The predicted octanol–water partition coefficient (Wildman–Crippen LogP) is 4.53. The third-order valence-electron chi connectivity index (χ3n) is 5.44. The summed E-state index contributed by atoms with van der Waals surface area (Å²) >= 11 is 0. The van der Waals surface area contributed by atoms with Gasteiger partial charge in [-0.05, 0) is 49.8 Å². The van der Waals surface area contributed by atoms with Crippen LogP contribution in [0.4, 0.5) is 5.69 Å². The monoisotopic (exact) mass is 322 g/mol. The van der Waals surface area contributed by atoms with E-state index in [4.69, 9.17) is 0 Å². The summed E-state index contributed by atoms with van der Waals surface area (Å²) in [5.74, 6) is 0. The van der Waals surface area contributed by atoms with Crippen molar-refractivity contribution < 1.29 is 0 Å². The maximum atomic E-state index is 4.64. The van der Waals surface area contributed by atoms with Gasteiger partial charge in [0.1, 0.15) is 5.69 Å². The van der Waals surface area contributed by atoms with Gasteiger partial charge < -0.3 is 9.88 Å². The molecular formula is C20H26N4. The first-order valence-electron chi connectivity index (χ1n) is 8.87. The summed E-state index contributed by atoms with van der Waals surface area (Å²) in [4.78, 5) is 5.83. The highest BCUT2D eigenvalue weighted by Gasteiger charge is 2.29. The minimum Gasteiger partial charge on any atom is -0.375 e. The molecule has 0 amide bonds. The fourth-order valence-electron chi connectivity index (χ4n) is 3.73. The average molecular weight is 322 g/mol. The summed E-state index contributed by atoms with van der Waals surface area (Å²) < 4.78 is 0. The maximum absolute atomic E-state index is 4.64. The summed E-state index contributed by atoms with van der Waals surface area (Å²) in [5.41, 5.74) is 7.72. The van der Waals surface area contributed by atoms with Crippen LogP contribution in [0.1, 0.15) is 38.4 Å². The molecule has 4 nitrogen and oxygen atoms in total. The molecule has 3 aromatic rings. The third kappa shape index (κ3) is 2.50. The van der Waals surface area contributed by atoms with Crippen LogP contribution < -0.4 is 4.90 Å². The van der Waals surface area contributed by atoms with Gasteiger partial charge in [0.15, 0.2) is 0 Å². The molecule has 4 heteroatoms. The number of aromatic nitrogens is 3. The Morgan fingerprint density at radius 1 is 1.25 bits per heavy atom. The summed E-state index contributed by atoms with van der Waals surface area (Å²) in [6.45, 7) is 7.85. The molecule has 0 bridgehead atoms. The van der Waals surface area contributed by atoms with Gasteiger partial charge in [-0.1, -0.05) is 19.9 Å². The molecule has 0 aliphatic heterocycles. The zero-order valence-corrected chi connectivity index (χ0v) is 15.0. The van der Waals surface area contributed by atoms with Crippen LogP contribution in [0.25, 0.3) is 22.3 Å². The van der Waals surface area contributed by atoms with Crippen LogP contribution in [-0.4, -0.2) is 28.8 Å². The second kappa shape index (κ2) is 5.40. The van der Waals surface area contributed by atoms with Gasteiger partial charge >= 0.3 is 0 Å². The summed E-state index contributed by atoms with van der Waals surface area (Å²) in [5, 5.41) is 9.16. The molecule has 24 heavy (non-hydrogen) atoms. The quantitative estimate of drug-likeness (QED) is 0.744. The molecule has 4 rings (SSSR count). The normalized spacial score (nSPS) is 16.3. The molecule has 126 valence electrons. The molecule has 1 aliphatic rings. The van der Waals surface area contributed by atoms with Crippen LogP contribution >= 0.6 is 0 Å². The summed E-state index contributed by atoms with van der Waals surface area (Å²) in [6.07, 6.45) is 3.41. The lowest BCUT2D eigenvalue weighted by molar-refractivity contribution is 0.312. The second-order valence-corrected chi connectivity index (χ2v) is 7.84. The number of fused-ring (bicyclic) bond motifs is 2. The van der Waals surface area contributed by atoms with Crippen LogP contribution in [0.3, 0.4) is 0 Å². The van der Waals surface area contributed by atoms with Gasteiger partial charge in [-0.3, -0.25) is 5.10 Å². The topological polar surface area (TPSA) is 47.7 Å². The number of hydrogen-bond acceptors (Lipinski definition) is 2. The van der Waals surface area contributed by atoms with E-state index < -0.39 is 0 Å². The smallest absolute Gasteiger partial charge is 0.112 e. The standard InChI is InChI=1S/C20H26N4/c1-5-24(4)14-7-6-13-10-17(21-16(13)11-14)19-15-8-9-20(2,3)12-18(15)22-23-19/h6-7,10-11,21H,5,8-9,12H2,1-4H3,(H,22,23). The van der Waals surface area contributed by atoms with E-state index >= 15 is 0 Å². The fourth-order valence-corrected chi connectivity index (χ4v) is 3.73. The van der Waals surface area contributed by atoms with Crippen LogP contribution in [-0.2, 0) is 12.8 Å². The lowest BCUT2D eigenvalue weighted by Crippen LogP contribution is -2.21. The first-order valence-corrected chi connectivity index (χ1v) is 8.87. The molecule has 2 heterocycles. The van der Waals surface area contributed by atoms with Gasteiger partial charge in [0.05, 0.1) is 5.69 Å². The Balaban J connectivity index is 1.74. The number of H-pyrrole nitrogens is 2. The highest BCUT2D eigenvalue weighted by molar-refractivity contribution is 5.88. The van der Waals surface area contributed by atoms with E-state index in [1.807, 2.05) is 0 Å². The first kappa shape index (κ1) is 15.3. The second-order valence-electron chi connectivity index (χ2n) is 7.84. The van der Waals surface area contributed by atoms with E-state index in [1.54, 1.807) is 0 Å². The van der Waals surface area contributed by atoms with E-state index in [2.05, 4.69) is 72.2 Å². The van der Waals surface area contributed by atoms with Gasteiger partial charge in [-0.25, -0.2) is 0 Å². The van der Waals surface area contributed by atoms with Crippen molar-refractivity contribution in [2.75, 3.05) is 18.5 Å². The molecule has 2 N–H and O–H groups in total. The Morgan fingerprint density at radius 3 is 2.88 bits per heavy atom. The minimum atomic E-state index is 0.372. The molecule has 0 unspecified atom stereocenters. The highest BCUT2D eigenvalue weighted by Crippen LogP contribution is 2.38. The van der Waals surface area contributed by atoms with E-state index in [-0.39, 0.29) is 0 Å². The number of aromatic amines is 2. The van der Waals surface area contributed by atoms with E-state index in [1.165, 1.54) is 34.3 Å². The zero-order chi connectivity index (χ0) is 16.9. The zero-order valence-electron chi connectivity index (χ0n) is 15.0. The Bertz CT molecular complexity index is 884. The van der Waals surface area contributed by atoms with E-state index in [0.29, 0.717) is 5.41 Å². The van der Waals surface area contributed by atoms with Crippen LogP contribution in [0.5, 0.6) is 0 Å². The van der Waals surface area contributed by atoms with Gasteiger partial charge in [0, 0.05) is 41.4 Å². The molecule has 0 radical (unpaired) electrons. The van der Waals surface area contributed by atoms with Crippen molar-refractivity contribution in [2.24, 2.45) is 5.41 Å². The van der Waals surface area contributed by atoms with E-state index in [9.17, 15) is 0 Å². The molecule has 0 saturated carbocycles.